The molecule has 1 saturated heterocycles. The van der Waals surface area contributed by atoms with Gasteiger partial charge in [0.25, 0.3) is 0 Å². The zero-order chi connectivity index (χ0) is 19.8. The van der Waals surface area contributed by atoms with E-state index >= 15 is 0 Å². The maximum absolute atomic E-state index is 12.6. The summed E-state index contributed by atoms with van der Waals surface area (Å²) in [6.45, 7) is 5.39. The third-order valence-corrected chi connectivity index (χ3v) is 7.48. The lowest BCUT2D eigenvalue weighted by atomic mass is 10.2. The van der Waals surface area contributed by atoms with Crippen molar-refractivity contribution in [1.82, 2.24) is 14.9 Å². The third kappa shape index (κ3) is 6.94. The first kappa shape index (κ1) is 24.1. The molecule has 29 heavy (non-hydrogen) atoms. The van der Waals surface area contributed by atoms with Crippen molar-refractivity contribution in [3.05, 3.63) is 52.2 Å². The molecule has 0 radical (unpaired) electrons. The lowest BCUT2D eigenvalue weighted by molar-refractivity contribution is 0.477. The predicted octanol–water partition coefficient (Wildman–Crippen LogP) is 3.45. The average molecular weight is 549 g/mol. The fraction of sp³-hybridized carbons (Fsp3) is 0.450. The van der Waals surface area contributed by atoms with Gasteiger partial charge >= 0.3 is 0 Å². The highest BCUT2D eigenvalue weighted by Gasteiger charge is 2.26. The first-order valence-electron chi connectivity index (χ1n) is 9.73. The molecule has 0 aliphatic carbocycles. The maximum Gasteiger partial charge on any atom is 0.243 e. The second-order valence-corrected chi connectivity index (χ2v) is 9.68. The Kier molecular flexibility index (Phi) is 9.87. The van der Waals surface area contributed by atoms with Crippen LogP contribution >= 0.6 is 35.3 Å². The van der Waals surface area contributed by atoms with Crippen LogP contribution < -0.4 is 10.6 Å². The number of nitrogens with one attached hydrogen (secondary N) is 2. The molecule has 2 N–H and O–H groups in total. The molecule has 0 amide bonds. The van der Waals surface area contributed by atoms with Crippen molar-refractivity contribution in [2.75, 3.05) is 26.2 Å². The molecule has 2 aromatic rings. The van der Waals surface area contributed by atoms with Gasteiger partial charge in [0.2, 0.25) is 10.0 Å². The molecule has 1 aromatic heterocycles. The number of benzene rings is 1. The van der Waals surface area contributed by atoms with Crippen molar-refractivity contribution in [1.29, 1.82) is 0 Å². The Morgan fingerprint density at radius 3 is 2.48 bits per heavy atom. The summed E-state index contributed by atoms with van der Waals surface area (Å²) in [5.74, 6) is 0.771. The number of rotatable bonds is 8. The van der Waals surface area contributed by atoms with E-state index in [0.29, 0.717) is 24.5 Å². The van der Waals surface area contributed by atoms with Crippen LogP contribution in [0.3, 0.4) is 0 Å². The number of guanidine groups is 1. The first-order chi connectivity index (χ1) is 13.6. The second kappa shape index (κ2) is 11.9. The van der Waals surface area contributed by atoms with Gasteiger partial charge in [-0.05, 0) is 55.3 Å². The highest BCUT2D eigenvalue weighted by Crippen LogP contribution is 2.21. The highest BCUT2D eigenvalue weighted by atomic mass is 127. The van der Waals surface area contributed by atoms with E-state index < -0.39 is 10.0 Å². The molecular weight excluding hydrogens is 519 g/mol. The van der Waals surface area contributed by atoms with Gasteiger partial charge in [0.1, 0.15) is 0 Å². The van der Waals surface area contributed by atoms with Gasteiger partial charge in [-0.2, -0.15) is 4.31 Å². The molecule has 0 bridgehead atoms. The van der Waals surface area contributed by atoms with Gasteiger partial charge in [0.05, 0.1) is 11.4 Å². The summed E-state index contributed by atoms with van der Waals surface area (Å²) in [5, 5.41) is 8.68. The van der Waals surface area contributed by atoms with Gasteiger partial charge in [0.15, 0.2) is 5.96 Å². The Morgan fingerprint density at radius 1 is 1.14 bits per heavy atom. The molecule has 160 valence electrons. The van der Waals surface area contributed by atoms with Gasteiger partial charge < -0.3 is 10.6 Å². The number of sulfonamides is 1. The quantitative estimate of drug-likeness (QED) is 0.301. The number of thiophene rings is 1. The largest absolute Gasteiger partial charge is 0.357 e. The number of nitrogens with zero attached hydrogens (tertiary/aromatic N) is 2. The van der Waals surface area contributed by atoms with Crippen LogP contribution in [-0.2, 0) is 23.0 Å². The van der Waals surface area contributed by atoms with E-state index in [0.717, 1.165) is 43.9 Å². The summed E-state index contributed by atoms with van der Waals surface area (Å²) in [7, 11) is -3.36. The topological polar surface area (TPSA) is 73.8 Å². The summed E-state index contributed by atoms with van der Waals surface area (Å²) in [5.41, 5.74) is 0.982. The van der Waals surface area contributed by atoms with E-state index in [1.165, 1.54) is 4.88 Å². The molecule has 9 heteroatoms. The average Bonchev–Trinajstić information content (AvgIpc) is 3.41. The summed E-state index contributed by atoms with van der Waals surface area (Å²) in [4.78, 5) is 6.32. The number of hydrogen-bond donors (Lipinski definition) is 2. The SMILES string of the molecule is CCNC(=NCc1ccc(S(=O)(=O)N2CCCC2)cc1)NCCc1cccs1.I. The Hall–Kier alpha value is -1.17. The second-order valence-electron chi connectivity index (χ2n) is 6.71. The molecule has 2 heterocycles. The molecule has 0 saturated carbocycles. The molecule has 0 spiro atoms. The summed E-state index contributed by atoms with van der Waals surface area (Å²) in [6.07, 6.45) is 2.85. The number of hydrogen-bond acceptors (Lipinski definition) is 4. The summed E-state index contributed by atoms with van der Waals surface area (Å²) >= 11 is 1.76. The van der Waals surface area contributed by atoms with Crippen LogP contribution in [-0.4, -0.2) is 44.9 Å². The standard InChI is InChI=1S/C20H28N4O2S2.HI/c1-2-21-20(22-12-11-18-6-5-15-27-18)23-16-17-7-9-19(10-8-17)28(25,26)24-13-3-4-14-24;/h5-10,15H,2-4,11-14,16H2,1H3,(H2,21,22,23);1H. The normalized spacial score (nSPS) is 15.1. The molecule has 6 nitrogen and oxygen atoms in total. The van der Waals surface area contributed by atoms with Gasteiger partial charge in [-0.25, -0.2) is 13.4 Å². The van der Waals surface area contributed by atoms with E-state index in [1.807, 2.05) is 19.1 Å². The molecule has 0 unspecified atom stereocenters. The number of aliphatic imine (C=N–C) groups is 1. The highest BCUT2D eigenvalue weighted by molar-refractivity contribution is 14.0. The van der Waals surface area contributed by atoms with Crippen LogP contribution in [0.4, 0.5) is 0 Å². The van der Waals surface area contributed by atoms with E-state index in [1.54, 1.807) is 27.8 Å². The van der Waals surface area contributed by atoms with E-state index in [-0.39, 0.29) is 24.0 Å². The molecule has 1 aliphatic heterocycles. The minimum Gasteiger partial charge on any atom is -0.357 e. The fourth-order valence-corrected chi connectivity index (χ4v) is 5.34. The summed E-state index contributed by atoms with van der Waals surface area (Å²) < 4.78 is 26.8. The Balaban J connectivity index is 0.00000300. The van der Waals surface area contributed by atoms with Gasteiger partial charge in [-0.3, -0.25) is 0 Å². The van der Waals surface area contributed by atoms with Crippen molar-refractivity contribution in [3.8, 4) is 0 Å². The van der Waals surface area contributed by atoms with Crippen molar-refractivity contribution in [2.24, 2.45) is 4.99 Å². The van der Waals surface area contributed by atoms with Crippen LogP contribution in [0.2, 0.25) is 0 Å². The maximum atomic E-state index is 12.6. The van der Waals surface area contributed by atoms with Crippen LogP contribution in [0, 0.1) is 0 Å². The molecule has 3 rings (SSSR count). The predicted molar refractivity (Wildman–Crippen MR) is 131 cm³/mol. The first-order valence-corrected chi connectivity index (χ1v) is 12.0. The van der Waals surface area contributed by atoms with Crippen LogP contribution in [0.15, 0.2) is 51.7 Å². The zero-order valence-corrected chi connectivity index (χ0v) is 20.6. The smallest absolute Gasteiger partial charge is 0.243 e. The van der Waals surface area contributed by atoms with Crippen LogP contribution in [0.1, 0.15) is 30.2 Å². The minimum atomic E-state index is -3.36. The Morgan fingerprint density at radius 2 is 1.86 bits per heavy atom. The summed E-state index contributed by atoms with van der Waals surface area (Å²) in [6, 6.07) is 11.3. The minimum absolute atomic E-state index is 0. The van der Waals surface area contributed by atoms with Crippen molar-refractivity contribution < 1.29 is 8.42 Å². The monoisotopic (exact) mass is 548 g/mol. The molecule has 1 fully saturated rings. The van der Waals surface area contributed by atoms with Gasteiger partial charge in [0, 0.05) is 31.1 Å². The lowest BCUT2D eigenvalue weighted by Gasteiger charge is -2.15. The molecule has 1 aliphatic rings. The Bertz CT molecular complexity index is 862. The lowest BCUT2D eigenvalue weighted by Crippen LogP contribution is -2.38. The zero-order valence-electron chi connectivity index (χ0n) is 16.6. The van der Waals surface area contributed by atoms with E-state index in [2.05, 4.69) is 33.1 Å². The van der Waals surface area contributed by atoms with E-state index in [4.69, 9.17) is 0 Å². The molecule has 0 atom stereocenters. The number of halogens is 1. The third-order valence-electron chi connectivity index (χ3n) is 4.63. The van der Waals surface area contributed by atoms with Gasteiger partial charge in [-0.1, -0.05) is 18.2 Å². The van der Waals surface area contributed by atoms with E-state index in [9.17, 15) is 8.42 Å². The Labute approximate surface area is 194 Å². The van der Waals surface area contributed by atoms with Crippen molar-refractivity contribution in [2.45, 2.75) is 37.6 Å². The van der Waals surface area contributed by atoms with Crippen molar-refractivity contribution >= 4 is 51.3 Å². The molecular formula is C20H29IN4O2S2. The van der Waals surface area contributed by atoms with Gasteiger partial charge in [-0.15, -0.1) is 35.3 Å². The van der Waals surface area contributed by atoms with Crippen LogP contribution in [0.25, 0.3) is 0 Å². The van der Waals surface area contributed by atoms with Crippen molar-refractivity contribution in [3.63, 3.8) is 0 Å². The fourth-order valence-electron chi connectivity index (χ4n) is 3.12. The van der Waals surface area contributed by atoms with Crippen LogP contribution in [0.5, 0.6) is 0 Å². The molecule has 1 aromatic carbocycles.